The van der Waals surface area contributed by atoms with Crippen molar-refractivity contribution in [1.29, 1.82) is 0 Å². The van der Waals surface area contributed by atoms with Crippen LogP contribution in [0.2, 0.25) is 0 Å². The summed E-state index contributed by atoms with van der Waals surface area (Å²) in [5.74, 6) is 2.29. The van der Waals surface area contributed by atoms with Crippen LogP contribution >= 0.6 is 23.5 Å². The van der Waals surface area contributed by atoms with Crippen molar-refractivity contribution < 1.29 is 0 Å². The lowest BCUT2D eigenvalue weighted by Gasteiger charge is -2.11. The van der Waals surface area contributed by atoms with Crippen LogP contribution in [-0.2, 0) is 0 Å². The van der Waals surface area contributed by atoms with Gasteiger partial charge in [0.1, 0.15) is 0 Å². The van der Waals surface area contributed by atoms with Crippen LogP contribution in [0.3, 0.4) is 0 Å². The van der Waals surface area contributed by atoms with Gasteiger partial charge in [0, 0.05) is 31.3 Å². The van der Waals surface area contributed by atoms with Crippen molar-refractivity contribution in [2.24, 2.45) is 0 Å². The second-order valence-corrected chi connectivity index (χ2v) is 11.3. The predicted molar refractivity (Wildman–Crippen MR) is 158 cm³/mol. The van der Waals surface area contributed by atoms with Gasteiger partial charge in [-0.3, -0.25) is 0 Å². The number of pyridine rings is 2. The lowest BCUT2D eigenvalue weighted by atomic mass is 10.1. The third-order valence-electron chi connectivity index (χ3n) is 6.61. The van der Waals surface area contributed by atoms with Crippen molar-refractivity contribution in [3.05, 3.63) is 97.1 Å². The summed E-state index contributed by atoms with van der Waals surface area (Å²) in [6.07, 6.45) is 5.02. The van der Waals surface area contributed by atoms with Gasteiger partial charge in [0.15, 0.2) is 0 Å². The minimum Gasteiger partial charge on any atom is -0.248 e. The Morgan fingerprint density at radius 3 is 1.03 bits per heavy atom. The second-order valence-electron chi connectivity index (χ2n) is 9.06. The maximum absolute atomic E-state index is 4.86. The number of rotatable bonds is 9. The molecule has 0 bridgehead atoms. The molecule has 4 aromatic carbocycles. The molecule has 0 radical (unpaired) electrons. The van der Waals surface area contributed by atoms with Gasteiger partial charge in [-0.2, -0.15) is 0 Å². The molecule has 178 valence electrons. The summed E-state index contributed by atoms with van der Waals surface area (Å²) in [6.45, 7) is 0. The fraction of sp³-hybridized carbons (Fsp3) is 0.188. The Kier molecular flexibility index (Phi) is 7.06. The third-order valence-corrected chi connectivity index (χ3v) is 9.05. The van der Waals surface area contributed by atoms with E-state index in [4.69, 9.17) is 9.97 Å². The molecule has 2 aromatic heterocycles. The number of hydrogen-bond acceptors (Lipinski definition) is 4. The van der Waals surface area contributed by atoms with E-state index in [1.807, 2.05) is 23.5 Å². The second kappa shape index (κ2) is 10.9. The maximum atomic E-state index is 4.86. The summed E-state index contributed by atoms with van der Waals surface area (Å²) in [4.78, 5) is 12.5. The molecule has 0 aliphatic heterocycles. The lowest BCUT2D eigenvalue weighted by molar-refractivity contribution is 0.711. The Labute approximate surface area is 220 Å². The number of fused-ring (bicyclic) bond motifs is 4. The largest absolute Gasteiger partial charge is 0.248 e. The van der Waals surface area contributed by atoms with Crippen LogP contribution in [0.25, 0.3) is 43.6 Å². The quantitative estimate of drug-likeness (QED) is 0.111. The van der Waals surface area contributed by atoms with E-state index in [1.54, 1.807) is 0 Å². The first-order valence-corrected chi connectivity index (χ1v) is 14.7. The zero-order valence-electron chi connectivity index (χ0n) is 20.2. The Balaban J connectivity index is 1.05. The molecule has 0 atom stereocenters. The lowest BCUT2D eigenvalue weighted by Crippen LogP contribution is -1.90. The van der Waals surface area contributed by atoms with E-state index in [2.05, 4.69) is 97.1 Å². The van der Waals surface area contributed by atoms with E-state index >= 15 is 0 Å². The van der Waals surface area contributed by atoms with Gasteiger partial charge in [-0.15, -0.1) is 23.5 Å². The molecule has 36 heavy (non-hydrogen) atoms. The molecule has 4 heteroatoms. The third kappa shape index (κ3) is 4.80. The summed E-state index contributed by atoms with van der Waals surface area (Å²) >= 11 is 3.98. The summed E-state index contributed by atoms with van der Waals surface area (Å²) in [5.41, 5.74) is 4.36. The van der Waals surface area contributed by atoms with Crippen LogP contribution in [0, 0.1) is 0 Å². The van der Waals surface area contributed by atoms with Crippen LogP contribution in [0.5, 0.6) is 0 Å². The number of aromatic nitrogens is 2. The number of nitrogens with zero attached hydrogens (tertiary/aromatic N) is 2. The number of para-hydroxylation sites is 4. The van der Waals surface area contributed by atoms with Gasteiger partial charge < -0.3 is 0 Å². The summed E-state index contributed by atoms with van der Waals surface area (Å²) in [5, 5.41) is 5.09. The fourth-order valence-electron chi connectivity index (χ4n) is 4.82. The van der Waals surface area contributed by atoms with Gasteiger partial charge in [-0.05, 0) is 48.6 Å². The van der Waals surface area contributed by atoms with E-state index < -0.39 is 0 Å². The van der Waals surface area contributed by atoms with Crippen molar-refractivity contribution in [3.63, 3.8) is 0 Å². The van der Waals surface area contributed by atoms with Gasteiger partial charge in [0.2, 0.25) is 0 Å². The van der Waals surface area contributed by atoms with E-state index in [1.165, 1.54) is 57.0 Å². The number of hydrogen-bond donors (Lipinski definition) is 0. The zero-order chi connectivity index (χ0) is 24.2. The van der Waals surface area contributed by atoms with E-state index in [0.29, 0.717) is 0 Å². The first kappa shape index (κ1) is 23.3. The maximum Gasteiger partial charge on any atom is 0.0721 e. The normalized spacial score (nSPS) is 11.7. The number of unbranched alkanes of at least 4 members (excludes halogenated alkanes) is 3. The fourth-order valence-corrected chi connectivity index (χ4v) is 7.24. The minimum absolute atomic E-state index is 1.09. The Morgan fingerprint density at radius 2 is 0.694 bits per heavy atom. The van der Waals surface area contributed by atoms with Crippen LogP contribution in [0.4, 0.5) is 0 Å². The molecule has 6 aromatic rings. The van der Waals surface area contributed by atoms with Gasteiger partial charge in [0.25, 0.3) is 0 Å². The molecule has 0 unspecified atom stereocenters. The molecule has 2 nitrogen and oxygen atoms in total. The van der Waals surface area contributed by atoms with Crippen molar-refractivity contribution in [2.45, 2.75) is 35.5 Å². The average molecular weight is 505 g/mol. The average Bonchev–Trinajstić information content (AvgIpc) is 2.93. The monoisotopic (exact) mass is 504 g/mol. The molecule has 2 heterocycles. The van der Waals surface area contributed by atoms with Crippen LogP contribution in [-0.4, -0.2) is 21.5 Å². The molecule has 0 N–H and O–H groups in total. The molecule has 0 amide bonds. The number of benzene rings is 4. The van der Waals surface area contributed by atoms with Crippen LogP contribution in [0.15, 0.2) is 107 Å². The van der Waals surface area contributed by atoms with E-state index in [-0.39, 0.29) is 0 Å². The van der Waals surface area contributed by atoms with Crippen LogP contribution in [0.1, 0.15) is 25.7 Å². The highest BCUT2D eigenvalue weighted by Gasteiger charge is 2.10. The van der Waals surface area contributed by atoms with E-state index in [9.17, 15) is 0 Å². The summed E-state index contributed by atoms with van der Waals surface area (Å²) < 4.78 is 0. The molecule has 0 aliphatic rings. The number of thioether (sulfide) groups is 2. The Bertz CT molecular complexity index is 1430. The highest BCUT2D eigenvalue weighted by molar-refractivity contribution is 8.00. The summed E-state index contributed by atoms with van der Waals surface area (Å²) in [7, 11) is 0. The van der Waals surface area contributed by atoms with Crippen molar-refractivity contribution in [1.82, 2.24) is 9.97 Å². The first-order valence-electron chi connectivity index (χ1n) is 12.7. The molecule has 0 saturated heterocycles. The topological polar surface area (TPSA) is 25.8 Å². The van der Waals surface area contributed by atoms with E-state index in [0.717, 1.165) is 33.6 Å². The highest BCUT2D eigenvalue weighted by atomic mass is 32.2. The minimum atomic E-state index is 1.09. The molecule has 0 fully saturated rings. The molecule has 0 spiro atoms. The van der Waals surface area contributed by atoms with Gasteiger partial charge in [-0.1, -0.05) is 85.6 Å². The van der Waals surface area contributed by atoms with Gasteiger partial charge >= 0.3 is 0 Å². The van der Waals surface area contributed by atoms with Crippen molar-refractivity contribution in [2.75, 3.05) is 11.5 Å². The zero-order valence-corrected chi connectivity index (χ0v) is 21.8. The van der Waals surface area contributed by atoms with Gasteiger partial charge in [-0.25, -0.2) is 9.97 Å². The molecule has 0 aliphatic carbocycles. The van der Waals surface area contributed by atoms with Crippen molar-refractivity contribution >= 4 is 67.1 Å². The van der Waals surface area contributed by atoms with Crippen LogP contribution < -0.4 is 0 Å². The van der Waals surface area contributed by atoms with Gasteiger partial charge in [0.05, 0.1) is 22.1 Å². The SMILES string of the molecule is c1ccc2c(SCCCCCCSc3c4ccccc4nc4ccccc34)c3ccccc3nc2c1. The highest BCUT2D eigenvalue weighted by Crippen LogP contribution is 2.36. The molecule has 6 rings (SSSR count). The molecule has 0 saturated carbocycles. The molecular formula is C32H28N2S2. The Hall–Kier alpha value is -3.08. The first-order chi connectivity index (χ1) is 17.9. The van der Waals surface area contributed by atoms with Crippen molar-refractivity contribution in [3.8, 4) is 0 Å². The molecular weight excluding hydrogens is 477 g/mol. The standard InChI is InChI=1S/C32H28N2S2/c1(11-21-35-31-23-13-3-7-17-27(23)33-28-18-8-4-14-24(28)31)2-12-22-36-32-25-15-5-9-19-29(25)34-30-20-10-6-16-26(30)32/h3-10,13-20H,1-2,11-12,21-22H2. The Morgan fingerprint density at radius 1 is 0.389 bits per heavy atom. The summed E-state index contributed by atoms with van der Waals surface area (Å²) in [6, 6.07) is 34.1. The smallest absolute Gasteiger partial charge is 0.0721 e. The predicted octanol–water partition coefficient (Wildman–Crippen LogP) is 9.53.